The third-order valence-electron chi connectivity index (χ3n) is 3.19. The molecule has 0 aromatic heterocycles. The molecular weight excluding hydrogens is 352 g/mol. The number of hydrogen-bond acceptors (Lipinski definition) is 5. The molecule has 0 radical (unpaired) electrons. The minimum atomic E-state index is -1.08. The van der Waals surface area contributed by atoms with E-state index in [-0.39, 0.29) is 27.6 Å². The Hall–Kier alpha value is -2.18. The average molecular weight is 367 g/mol. The van der Waals surface area contributed by atoms with Gasteiger partial charge in [-0.3, -0.25) is 0 Å². The molecule has 0 unspecified atom stereocenters. The number of esters is 1. The molecule has 7 heteroatoms. The van der Waals surface area contributed by atoms with Crippen LogP contribution >= 0.6 is 23.4 Å². The summed E-state index contributed by atoms with van der Waals surface area (Å²) in [6.07, 6.45) is 1.86. The van der Waals surface area contributed by atoms with Crippen LogP contribution in [0.25, 0.3) is 0 Å². The van der Waals surface area contributed by atoms with Gasteiger partial charge in [-0.1, -0.05) is 23.7 Å². The average Bonchev–Trinajstić information content (AvgIpc) is 2.56. The number of carboxylic acid groups (broad SMARTS) is 1. The van der Waals surface area contributed by atoms with Crippen molar-refractivity contribution in [2.24, 2.45) is 0 Å². The van der Waals surface area contributed by atoms with Crippen molar-refractivity contribution >= 4 is 35.3 Å². The Kier molecular flexibility index (Phi) is 6.11. The molecule has 0 saturated carbocycles. The lowest BCUT2D eigenvalue weighted by atomic mass is 10.1. The van der Waals surface area contributed by atoms with Gasteiger partial charge in [-0.2, -0.15) is 11.8 Å². The predicted octanol–water partition coefficient (Wildman–Crippen LogP) is 4.13. The van der Waals surface area contributed by atoms with E-state index in [9.17, 15) is 14.7 Å². The number of aromatic carboxylic acids is 1. The zero-order valence-electron chi connectivity index (χ0n) is 13.0. The van der Waals surface area contributed by atoms with E-state index in [0.29, 0.717) is 11.3 Å². The first-order valence-corrected chi connectivity index (χ1v) is 8.65. The van der Waals surface area contributed by atoms with Gasteiger partial charge in [0, 0.05) is 11.3 Å². The summed E-state index contributed by atoms with van der Waals surface area (Å²) in [7, 11) is 1.39. The predicted molar refractivity (Wildman–Crippen MR) is 93.6 cm³/mol. The van der Waals surface area contributed by atoms with Gasteiger partial charge in [0.2, 0.25) is 0 Å². The van der Waals surface area contributed by atoms with Crippen LogP contribution in [0.3, 0.4) is 0 Å². The van der Waals surface area contributed by atoms with Gasteiger partial charge in [0.05, 0.1) is 23.3 Å². The van der Waals surface area contributed by atoms with Crippen LogP contribution in [0.15, 0.2) is 36.4 Å². The van der Waals surface area contributed by atoms with Gasteiger partial charge in [-0.15, -0.1) is 0 Å². The molecule has 2 aromatic rings. The summed E-state index contributed by atoms with van der Waals surface area (Å²) in [4.78, 5) is 23.6. The van der Waals surface area contributed by atoms with E-state index < -0.39 is 11.9 Å². The summed E-state index contributed by atoms with van der Waals surface area (Å²) in [5.74, 6) is -0.882. The molecule has 126 valence electrons. The molecular formula is C17H15ClO5S. The van der Waals surface area contributed by atoms with E-state index in [1.54, 1.807) is 24.3 Å². The third-order valence-corrected chi connectivity index (χ3v) is 4.12. The van der Waals surface area contributed by atoms with Crippen LogP contribution in [0.1, 0.15) is 26.3 Å². The summed E-state index contributed by atoms with van der Waals surface area (Å²) in [6.45, 7) is 0. The molecule has 1 N–H and O–H groups in total. The van der Waals surface area contributed by atoms with Gasteiger partial charge in [-0.25, -0.2) is 9.59 Å². The lowest BCUT2D eigenvalue weighted by Gasteiger charge is -2.15. The summed E-state index contributed by atoms with van der Waals surface area (Å²) in [6, 6.07) is 9.32. The Bertz CT molecular complexity index is 776. The molecule has 0 aliphatic carbocycles. The molecule has 5 nitrogen and oxygen atoms in total. The fourth-order valence-corrected chi connectivity index (χ4v) is 2.83. The number of benzene rings is 2. The summed E-state index contributed by atoms with van der Waals surface area (Å²) in [5.41, 5.74) is 0.840. The maximum absolute atomic E-state index is 12.4. The first-order chi connectivity index (χ1) is 11.5. The minimum absolute atomic E-state index is 0.0634. The number of carbonyl (C=O) groups excluding carboxylic acids is 1. The van der Waals surface area contributed by atoms with Crippen LogP contribution < -0.4 is 9.47 Å². The maximum Gasteiger partial charge on any atom is 0.345 e. The van der Waals surface area contributed by atoms with Crippen molar-refractivity contribution in [1.29, 1.82) is 0 Å². The maximum atomic E-state index is 12.4. The first-order valence-electron chi connectivity index (χ1n) is 6.87. The third kappa shape index (κ3) is 4.01. The Morgan fingerprint density at radius 3 is 2.54 bits per heavy atom. The molecule has 0 saturated heterocycles. The van der Waals surface area contributed by atoms with Crippen molar-refractivity contribution < 1.29 is 24.2 Å². The van der Waals surface area contributed by atoms with Crippen molar-refractivity contribution in [3.8, 4) is 11.5 Å². The monoisotopic (exact) mass is 366 g/mol. The fourth-order valence-electron chi connectivity index (χ4n) is 2.09. The molecule has 0 aliphatic heterocycles. The van der Waals surface area contributed by atoms with E-state index in [1.807, 2.05) is 6.26 Å². The lowest BCUT2D eigenvalue weighted by molar-refractivity contribution is 0.0696. The zero-order valence-corrected chi connectivity index (χ0v) is 14.6. The van der Waals surface area contributed by atoms with Crippen molar-refractivity contribution in [3.05, 3.63) is 58.1 Å². The van der Waals surface area contributed by atoms with Gasteiger partial charge in [0.15, 0.2) is 11.5 Å². The number of halogens is 1. The van der Waals surface area contributed by atoms with E-state index in [1.165, 1.54) is 31.0 Å². The molecule has 0 fully saturated rings. The highest BCUT2D eigenvalue weighted by molar-refractivity contribution is 7.97. The van der Waals surface area contributed by atoms with Crippen LogP contribution in [0.4, 0.5) is 0 Å². The van der Waals surface area contributed by atoms with E-state index >= 15 is 0 Å². The normalized spacial score (nSPS) is 10.3. The van der Waals surface area contributed by atoms with E-state index in [2.05, 4.69) is 0 Å². The quantitative estimate of drug-likeness (QED) is 0.612. The second kappa shape index (κ2) is 8.08. The van der Waals surface area contributed by atoms with Crippen molar-refractivity contribution in [3.63, 3.8) is 0 Å². The van der Waals surface area contributed by atoms with Gasteiger partial charge in [0.25, 0.3) is 0 Å². The van der Waals surface area contributed by atoms with Gasteiger partial charge >= 0.3 is 11.9 Å². The van der Waals surface area contributed by atoms with Crippen LogP contribution in [0.5, 0.6) is 11.5 Å². The molecule has 24 heavy (non-hydrogen) atoms. The Morgan fingerprint density at radius 2 is 1.96 bits per heavy atom. The van der Waals surface area contributed by atoms with Crippen LogP contribution in [0, 0.1) is 0 Å². The zero-order chi connectivity index (χ0) is 17.7. The second-order valence-corrected chi connectivity index (χ2v) is 6.05. The smallest absolute Gasteiger partial charge is 0.345 e. The number of rotatable bonds is 6. The number of thioether (sulfide) groups is 1. The Balaban J connectivity index is 2.46. The SMILES string of the molecule is COc1cc(C(=O)O)cc(CSC)c1OC(=O)c1ccccc1Cl. The summed E-state index contributed by atoms with van der Waals surface area (Å²) < 4.78 is 10.7. The van der Waals surface area contributed by atoms with Crippen molar-refractivity contribution in [2.45, 2.75) is 5.75 Å². The number of carbonyl (C=O) groups is 2. The Morgan fingerprint density at radius 1 is 1.25 bits per heavy atom. The number of ether oxygens (including phenoxy) is 2. The molecule has 0 bridgehead atoms. The fraction of sp³-hybridized carbons (Fsp3) is 0.176. The molecule has 0 spiro atoms. The largest absolute Gasteiger partial charge is 0.493 e. The molecule has 2 aromatic carbocycles. The molecule has 0 atom stereocenters. The van der Waals surface area contributed by atoms with Crippen molar-refractivity contribution in [2.75, 3.05) is 13.4 Å². The molecule has 2 rings (SSSR count). The van der Waals surface area contributed by atoms with Crippen LogP contribution in [0.2, 0.25) is 5.02 Å². The first kappa shape index (κ1) is 18.2. The molecule has 0 aliphatic rings. The van der Waals surface area contributed by atoms with Gasteiger partial charge < -0.3 is 14.6 Å². The number of hydrogen-bond donors (Lipinski definition) is 1. The standard InChI is InChI=1S/C17H15ClO5S/c1-22-14-8-10(16(19)20)7-11(9-24-2)15(14)23-17(21)12-5-3-4-6-13(12)18/h3-8H,9H2,1-2H3,(H,19,20). The van der Waals surface area contributed by atoms with E-state index in [0.717, 1.165) is 0 Å². The summed E-state index contributed by atoms with van der Waals surface area (Å²) >= 11 is 7.48. The van der Waals surface area contributed by atoms with Crippen LogP contribution in [-0.2, 0) is 5.75 Å². The van der Waals surface area contributed by atoms with Crippen molar-refractivity contribution in [1.82, 2.24) is 0 Å². The Labute approximate surface area is 148 Å². The lowest BCUT2D eigenvalue weighted by Crippen LogP contribution is -2.12. The summed E-state index contributed by atoms with van der Waals surface area (Å²) in [5, 5.41) is 9.47. The van der Waals surface area contributed by atoms with Gasteiger partial charge in [0.1, 0.15) is 0 Å². The van der Waals surface area contributed by atoms with Gasteiger partial charge in [-0.05, 0) is 30.5 Å². The van der Waals surface area contributed by atoms with E-state index in [4.69, 9.17) is 21.1 Å². The highest BCUT2D eigenvalue weighted by atomic mass is 35.5. The number of methoxy groups -OCH3 is 1. The molecule has 0 heterocycles. The van der Waals surface area contributed by atoms with Crippen LogP contribution in [-0.4, -0.2) is 30.4 Å². The minimum Gasteiger partial charge on any atom is -0.493 e. The number of carboxylic acids is 1. The molecule has 0 amide bonds. The second-order valence-electron chi connectivity index (χ2n) is 4.77. The highest BCUT2D eigenvalue weighted by Crippen LogP contribution is 2.36. The topological polar surface area (TPSA) is 72.8 Å². The highest BCUT2D eigenvalue weighted by Gasteiger charge is 2.20.